The monoisotopic (exact) mass is 477 g/mol. The maximum absolute atomic E-state index is 13.8. The van der Waals surface area contributed by atoms with E-state index in [1.807, 2.05) is 6.92 Å². The van der Waals surface area contributed by atoms with Crippen LogP contribution in [0, 0.1) is 17.7 Å². The Balaban J connectivity index is 1.50. The standard InChI is InChI=1S/C24H36FN5O4/c1-17(12-23(32)30(16-22(31)28-34)15-18-6-2-3-7-18)14-26-24(33)27-20-13-19(25)8-9-21(20)29-10-4-5-11-29/h8-9,13,17-18,34H,2-7,10-12,14-16H2,1H3,(H,28,31)(H2,26,27,33). The number of hydrogen-bond donors (Lipinski definition) is 4. The van der Waals surface area contributed by atoms with Gasteiger partial charge in [-0.1, -0.05) is 19.8 Å². The fourth-order valence-electron chi connectivity index (χ4n) is 4.74. The van der Waals surface area contributed by atoms with Gasteiger partial charge in [-0.2, -0.15) is 0 Å². The molecule has 0 spiro atoms. The van der Waals surface area contributed by atoms with Gasteiger partial charge in [0, 0.05) is 32.6 Å². The van der Waals surface area contributed by atoms with E-state index in [9.17, 15) is 18.8 Å². The second-order valence-electron chi connectivity index (χ2n) is 9.46. The van der Waals surface area contributed by atoms with Gasteiger partial charge in [0.05, 0.1) is 11.4 Å². The molecule has 1 saturated heterocycles. The molecule has 4 amide bonds. The Labute approximate surface area is 200 Å². The lowest BCUT2D eigenvalue weighted by molar-refractivity contribution is -0.140. The minimum atomic E-state index is -0.625. The van der Waals surface area contributed by atoms with Crippen LogP contribution in [0.4, 0.5) is 20.6 Å². The number of carbonyl (C=O) groups is 3. The van der Waals surface area contributed by atoms with Gasteiger partial charge in [-0.3, -0.25) is 14.8 Å². The number of nitrogens with one attached hydrogen (secondary N) is 3. The van der Waals surface area contributed by atoms with Crippen LogP contribution in [-0.4, -0.2) is 60.7 Å². The molecule has 9 nitrogen and oxygen atoms in total. The summed E-state index contributed by atoms with van der Waals surface area (Å²) in [6.45, 7) is 4.13. The van der Waals surface area contributed by atoms with Gasteiger partial charge in [-0.05, 0) is 55.7 Å². The van der Waals surface area contributed by atoms with Crippen molar-refractivity contribution in [2.24, 2.45) is 11.8 Å². The molecule has 34 heavy (non-hydrogen) atoms. The van der Waals surface area contributed by atoms with E-state index in [-0.39, 0.29) is 31.3 Å². The summed E-state index contributed by atoms with van der Waals surface area (Å²) in [6, 6.07) is 3.92. The van der Waals surface area contributed by atoms with Crippen molar-refractivity contribution < 1.29 is 24.0 Å². The number of hydrogen-bond acceptors (Lipinski definition) is 5. The molecule has 1 heterocycles. The van der Waals surface area contributed by atoms with Crippen molar-refractivity contribution in [3.05, 3.63) is 24.0 Å². The molecule has 3 rings (SSSR count). The zero-order valence-corrected chi connectivity index (χ0v) is 19.8. The molecule has 2 aliphatic rings. The highest BCUT2D eigenvalue weighted by molar-refractivity contribution is 5.93. The Hall–Kier alpha value is -2.88. The van der Waals surface area contributed by atoms with Crippen molar-refractivity contribution in [2.75, 3.05) is 42.9 Å². The summed E-state index contributed by atoms with van der Waals surface area (Å²) < 4.78 is 13.8. The number of anilines is 2. The number of amides is 4. The molecule has 1 unspecified atom stereocenters. The Morgan fingerprint density at radius 1 is 1.18 bits per heavy atom. The second kappa shape index (κ2) is 12.5. The number of rotatable bonds is 10. The predicted molar refractivity (Wildman–Crippen MR) is 127 cm³/mol. The highest BCUT2D eigenvalue weighted by atomic mass is 19.1. The maximum Gasteiger partial charge on any atom is 0.319 e. The van der Waals surface area contributed by atoms with Gasteiger partial charge in [0.2, 0.25) is 5.91 Å². The largest absolute Gasteiger partial charge is 0.370 e. The lowest BCUT2D eigenvalue weighted by Gasteiger charge is -2.26. The van der Waals surface area contributed by atoms with Gasteiger partial charge in [0.25, 0.3) is 5.91 Å². The summed E-state index contributed by atoms with van der Waals surface area (Å²) >= 11 is 0. The average molecular weight is 478 g/mol. The minimum Gasteiger partial charge on any atom is -0.370 e. The Bertz CT molecular complexity index is 856. The summed E-state index contributed by atoms with van der Waals surface area (Å²) in [5, 5.41) is 14.4. The minimum absolute atomic E-state index is 0.157. The molecule has 4 N–H and O–H groups in total. The molecule has 10 heteroatoms. The van der Waals surface area contributed by atoms with Gasteiger partial charge < -0.3 is 20.4 Å². The van der Waals surface area contributed by atoms with E-state index in [0.29, 0.717) is 18.2 Å². The van der Waals surface area contributed by atoms with E-state index >= 15 is 0 Å². The smallest absolute Gasteiger partial charge is 0.319 e. The number of hydroxylamine groups is 1. The quantitative estimate of drug-likeness (QED) is 0.305. The van der Waals surface area contributed by atoms with Crippen molar-refractivity contribution in [1.82, 2.24) is 15.7 Å². The predicted octanol–water partition coefficient (Wildman–Crippen LogP) is 3.10. The second-order valence-corrected chi connectivity index (χ2v) is 9.46. The van der Waals surface area contributed by atoms with Gasteiger partial charge >= 0.3 is 6.03 Å². The van der Waals surface area contributed by atoms with E-state index in [0.717, 1.165) is 57.3 Å². The van der Waals surface area contributed by atoms with Crippen LogP contribution in [-0.2, 0) is 9.59 Å². The fraction of sp³-hybridized carbons (Fsp3) is 0.625. The molecule has 2 fully saturated rings. The number of nitrogens with zero attached hydrogens (tertiary/aromatic N) is 2. The van der Waals surface area contributed by atoms with Crippen LogP contribution in [0.25, 0.3) is 0 Å². The van der Waals surface area contributed by atoms with Crippen molar-refractivity contribution in [1.29, 1.82) is 0 Å². The molecule has 0 radical (unpaired) electrons. The van der Waals surface area contributed by atoms with Crippen LogP contribution in [0.2, 0.25) is 0 Å². The molecule has 1 aromatic rings. The molecular formula is C24H36FN5O4. The third-order valence-corrected chi connectivity index (χ3v) is 6.55. The van der Waals surface area contributed by atoms with E-state index in [2.05, 4.69) is 15.5 Å². The zero-order valence-electron chi connectivity index (χ0n) is 19.8. The molecule has 1 aliphatic heterocycles. The van der Waals surface area contributed by atoms with Crippen molar-refractivity contribution >= 4 is 29.2 Å². The normalized spacial score (nSPS) is 16.9. The van der Waals surface area contributed by atoms with E-state index in [1.165, 1.54) is 17.0 Å². The van der Waals surface area contributed by atoms with Crippen LogP contribution in [0.3, 0.4) is 0 Å². The number of halogens is 1. The van der Waals surface area contributed by atoms with Crippen LogP contribution < -0.4 is 21.0 Å². The average Bonchev–Trinajstić information content (AvgIpc) is 3.52. The lowest BCUT2D eigenvalue weighted by atomic mass is 10.0. The topological polar surface area (TPSA) is 114 Å². The third kappa shape index (κ3) is 7.58. The summed E-state index contributed by atoms with van der Waals surface area (Å²) in [4.78, 5) is 40.6. The molecule has 188 valence electrons. The molecule has 1 aromatic carbocycles. The van der Waals surface area contributed by atoms with E-state index in [1.54, 1.807) is 11.5 Å². The van der Waals surface area contributed by atoms with Gasteiger partial charge in [-0.25, -0.2) is 14.7 Å². The molecule has 0 aromatic heterocycles. The first kappa shape index (κ1) is 25.7. The number of carbonyl (C=O) groups excluding carboxylic acids is 3. The van der Waals surface area contributed by atoms with Gasteiger partial charge in [0.1, 0.15) is 12.4 Å². The van der Waals surface area contributed by atoms with Crippen molar-refractivity contribution in [3.8, 4) is 0 Å². The van der Waals surface area contributed by atoms with Gasteiger partial charge in [0.15, 0.2) is 0 Å². The fourth-order valence-corrected chi connectivity index (χ4v) is 4.74. The summed E-state index contributed by atoms with van der Waals surface area (Å²) in [5.41, 5.74) is 2.80. The van der Waals surface area contributed by atoms with Crippen LogP contribution in [0.15, 0.2) is 18.2 Å². The van der Waals surface area contributed by atoms with E-state index < -0.39 is 17.8 Å². The summed E-state index contributed by atoms with van der Waals surface area (Å²) in [5.74, 6) is -1.05. The summed E-state index contributed by atoms with van der Waals surface area (Å²) in [7, 11) is 0. The molecule has 1 saturated carbocycles. The molecule has 1 atom stereocenters. The molecular weight excluding hydrogens is 441 g/mol. The molecule has 0 bridgehead atoms. The van der Waals surface area contributed by atoms with Crippen molar-refractivity contribution in [2.45, 2.75) is 51.9 Å². The van der Waals surface area contributed by atoms with Crippen LogP contribution in [0.5, 0.6) is 0 Å². The highest BCUT2D eigenvalue weighted by Crippen LogP contribution is 2.30. The van der Waals surface area contributed by atoms with Crippen molar-refractivity contribution in [3.63, 3.8) is 0 Å². The summed E-state index contributed by atoms with van der Waals surface area (Å²) in [6.07, 6.45) is 6.59. The molecule has 1 aliphatic carbocycles. The van der Waals surface area contributed by atoms with Gasteiger partial charge in [-0.15, -0.1) is 0 Å². The number of benzene rings is 1. The SMILES string of the molecule is CC(CNC(=O)Nc1cc(F)ccc1N1CCCC1)CC(=O)N(CC(=O)NO)CC1CCCC1. The van der Waals surface area contributed by atoms with Crippen LogP contribution >= 0.6 is 0 Å². The first-order valence-corrected chi connectivity index (χ1v) is 12.2. The van der Waals surface area contributed by atoms with E-state index in [4.69, 9.17) is 5.21 Å². The number of urea groups is 1. The van der Waals surface area contributed by atoms with Crippen LogP contribution in [0.1, 0.15) is 51.9 Å². The zero-order chi connectivity index (χ0) is 24.5. The third-order valence-electron chi connectivity index (χ3n) is 6.55. The Morgan fingerprint density at radius 3 is 2.56 bits per heavy atom. The first-order chi connectivity index (χ1) is 16.4. The highest BCUT2D eigenvalue weighted by Gasteiger charge is 2.25. The Kier molecular flexibility index (Phi) is 9.50. The lowest BCUT2D eigenvalue weighted by Crippen LogP contribution is -2.43. The maximum atomic E-state index is 13.8. The Morgan fingerprint density at radius 2 is 1.88 bits per heavy atom. The first-order valence-electron chi connectivity index (χ1n) is 12.2.